The van der Waals surface area contributed by atoms with Crippen LogP contribution in [0.1, 0.15) is 23.6 Å². The van der Waals surface area contributed by atoms with Gasteiger partial charge in [-0.25, -0.2) is 0 Å². The van der Waals surface area contributed by atoms with Gasteiger partial charge in [0.05, 0.1) is 10.7 Å². The minimum absolute atomic E-state index is 0.240. The maximum atomic E-state index is 5.56. The molecular formula is C13H16ClNO. The summed E-state index contributed by atoms with van der Waals surface area (Å²) in [5.74, 6) is 0. The molecule has 1 rings (SSSR count). The Kier molecular flexibility index (Phi) is 4.56. The molecular weight excluding hydrogens is 222 g/mol. The molecule has 0 fully saturated rings. The summed E-state index contributed by atoms with van der Waals surface area (Å²) in [6.45, 7) is 9.83. The molecule has 3 heteroatoms. The third kappa shape index (κ3) is 3.70. The zero-order valence-electron chi connectivity index (χ0n) is 9.88. The molecule has 0 spiro atoms. The summed E-state index contributed by atoms with van der Waals surface area (Å²) >= 11 is 5.56. The van der Waals surface area contributed by atoms with Crippen LogP contribution in [0.25, 0.3) is 0 Å². The lowest BCUT2D eigenvalue weighted by atomic mass is 10.0. The van der Waals surface area contributed by atoms with Gasteiger partial charge in [0.25, 0.3) is 0 Å². The minimum atomic E-state index is 0.240. The first-order valence-corrected chi connectivity index (χ1v) is 5.46. The van der Waals surface area contributed by atoms with E-state index >= 15 is 0 Å². The van der Waals surface area contributed by atoms with Crippen LogP contribution in [-0.2, 0) is 4.84 Å². The molecule has 0 amide bonds. The van der Waals surface area contributed by atoms with E-state index in [0.717, 1.165) is 11.3 Å². The highest BCUT2D eigenvalue weighted by atomic mass is 35.5. The van der Waals surface area contributed by atoms with E-state index in [1.807, 2.05) is 13.0 Å². The van der Waals surface area contributed by atoms with E-state index in [2.05, 4.69) is 37.7 Å². The molecule has 2 nitrogen and oxygen atoms in total. The molecule has 1 aromatic rings. The molecule has 0 aromatic heterocycles. The largest absolute Gasteiger partial charge is 0.390 e. The molecule has 86 valence electrons. The van der Waals surface area contributed by atoms with E-state index in [1.165, 1.54) is 11.1 Å². The lowest BCUT2D eigenvalue weighted by Gasteiger charge is -2.05. The van der Waals surface area contributed by atoms with Crippen LogP contribution < -0.4 is 0 Å². The summed E-state index contributed by atoms with van der Waals surface area (Å²) in [5, 5.41) is 4.42. The lowest BCUT2D eigenvalue weighted by molar-refractivity contribution is 0.172. The number of rotatable bonds is 4. The lowest BCUT2D eigenvalue weighted by Crippen LogP contribution is -1.98. The summed E-state index contributed by atoms with van der Waals surface area (Å²) in [6.07, 6.45) is 0. The van der Waals surface area contributed by atoms with E-state index in [0.29, 0.717) is 5.03 Å². The van der Waals surface area contributed by atoms with Gasteiger partial charge in [-0.1, -0.05) is 35.5 Å². The Labute approximate surface area is 102 Å². The zero-order chi connectivity index (χ0) is 12.1. The van der Waals surface area contributed by atoms with Gasteiger partial charge in [0.1, 0.15) is 0 Å². The first-order valence-electron chi connectivity index (χ1n) is 5.08. The highest BCUT2D eigenvalue weighted by Crippen LogP contribution is 2.11. The van der Waals surface area contributed by atoms with E-state index in [9.17, 15) is 0 Å². The van der Waals surface area contributed by atoms with Crippen LogP contribution in [0, 0.1) is 13.8 Å². The summed E-state index contributed by atoms with van der Waals surface area (Å²) in [6, 6.07) is 6.19. The smallest absolute Gasteiger partial charge is 0.152 e. The first kappa shape index (κ1) is 12.8. The third-order valence-corrected chi connectivity index (χ3v) is 2.46. The van der Waals surface area contributed by atoms with Gasteiger partial charge in [-0.15, -0.1) is 0 Å². The molecule has 1 aromatic carbocycles. The average Bonchev–Trinajstić information content (AvgIpc) is 2.21. The topological polar surface area (TPSA) is 21.6 Å². The molecule has 0 saturated carbocycles. The molecule has 0 aliphatic heterocycles. The number of oxime groups is 1. The zero-order valence-corrected chi connectivity index (χ0v) is 10.6. The molecule has 0 saturated heterocycles. The van der Waals surface area contributed by atoms with Crippen molar-refractivity contribution in [1.82, 2.24) is 0 Å². The van der Waals surface area contributed by atoms with Gasteiger partial charge < -0.3 is 4.84 Å². The molecule has 0 N–H and O–H groups in total. The van der Waals surface area contributed by atoms with Crippen molar-refractivity contribution >= 4 is 17.3 Å². The first-order chi connectivity index (χ1) is 7.50. The number of benzene rings is 1. The van der Waals surface area contributed by atoms with Crippen molar-refractivity contribution in [3.05, 3.63) is 46.5 Å². The second-order valence-corrected chi connectivity index (χ2v) is 4.30. The second kappa shape index (κ2) is 5.71. The summed E-state index contributed by atoms with van der Waals surface area (Å²) in [4.78, 5) is 5.04. The molecule has 0 unspecified atom stereocenters. The third-order valence-electron chi connectivity index (χ3n) is 2.35. The Morgan fingerprint density at radius 3 is 2.62 bits per heavy atom. The van der Waals surface area contributed by atoms with Crippen LogP contribution in [0.4, 0.5) is 0 Å². The maximum Gasteiger partial charge on any atom is 0.152 e. The number of halogens is 1. The van der Waals surface area contributed by atoms with Gasteiger partial charge in [0, 0.05) is 0 Å². The van der Waals surface area contributed by atoms with E-state index in [4.69, 9.17) is 16.4 Å². The standard InChI is InChI=1S/C13H16ClNO/c1-9-5-6-13(7-10(9)2)12(4)15-16-8-11(3)14/h5-7H,3,8H2,1-2,4H3/b15-12+. The molecule has 0 radical (unpaired) electrons. The fourth-order valence-electron chi connectivity index (χ4n) is 1.22. The SMILES string of the molecule is C=C(Cl)CO/N=C(\C)c1ccc(C)c(C)c1. The molecule has 0 aliphatic carbocycles. The van der Waals surface area contributed by atoms with Gasteiger partial charge in [-0.05, 0) is 43.5 Å². The Hall–Kier alpha value is -1.28. The van der Waals surface area contributed by atoms with Crippen molar-refractivity contribution < 1.29 is 4.84 Å². The quantitative estimate of drug-likeness (QED) is 0.577. The monoisotopic (exact) mass is 237 g/mol. The second-order valence-electron chi connectivity index (χ2n) is 3.77. The highest BCUT2D eigenvalue weighted by Gasteiger charge is 2.00. The fourth-order valence-corrected chi connectivity index (χ4v) is 1.27. The van der Waals surface area contributed by atoms with Crippen molar-refractivity contribution in [3.63, 3.8) is 0 Å². The van der Waals surface area contributed by atoms with E-state index in [1.54, 1.807) is 0 Å². The molecule has 0 bridgehead atoms. The average molecular weight is 238 g/mol. The van der Waals surface area contributed by atoms with Crippen LogP contribution in [0.5, 0.6) is 0 Å². The van der Waals surface area contributed by atoms with Crippen LogP contribution in [0.3, 0.4) is 0 Å². The van der Waals surface area contributed by atoms with E-state index < -0.39 is 0 Å². The van der Waals surface area contributed by atoms with Crippen molar-refractivity contribution in [1.29, 1.82) is 0 Å². The molecule has 0 heterocycles. The fraction of sp³-hybridized carbons (Fsp3) is 0.308. The Morgan fingerprint density at radius 1 is 1.38 bits per heavy atom. The van der Waals surface area contributed by atoms with Gasteiger partial charge in [0.15, 0.2) is 6.61 Å². The molecule has 16 heavy (non-hydrogen) atoms. The Morgan fingerprint density at radius 2 is 2.06 bits per heavy atom. The van der Waals surface area contributed by atoms with Gasteiger partial charge in [0.2, 0.25) is 0 Å². The minimum Gasteiger partial charge on any atom is -0.390 e. The number of aryl methyl sites for hydroxylation is 2. The predicted octanol–water partition coefficient (Wildman–Crippen LogP) is 3.80. The Bertz CT molecular complexity index is 424. The summed E-state index contributed by atoms with van der Waals surface area (Å²) < 4.78 is 0. The highest BCUT2D eigenvalue weighted by molar-refractivity contribution is 6.29. The normalized spacial score (nSPS) is 11.4. The number of hydrogen-bond acceptors (Lipinski definition) is 2. The van der Waals surface area contributed by atoms with Crippen LogP contribution in [0.2, 0.25) is 0 Å². The van der Waals surface area contributed by atoms with Crippen LogP contribution >= 0.6 is 11.6 Å². The van der Waals surface area contributed by atoms with Crippen molar-refractivity contribution in [3.8, 4) is 0 Å². The molecule has 0 aliphatic rings. The van der Waals surface area contributed by atoms with E-state index in [-0.39, 0.29) is 6.61 Å². The Balaban J connectivity index is 2.75. The molecule has 0 atom stereocenters. The van der Waals surface area contributed by atoms with Gasteiger partial charge in [-0.3, -0.25) is 0 Å². The van der Waals surface area contributed by atoms with Crippen LogP contribution in [0.15, 0.2) is 35.0 Å². The van der Waals surface area contributed by atoms with Gasteiger partial charge in [-0.2, -0.15) is 0 Å². The summed E-state index contributed by atoms with van der Waals surface area (Å²) in [5.41, 5.74) is 4.41. The predicted molar refractivity (Wildman–Crippen MR) is 69.1 cm³/mol. The number of hydrogen-bond donors (Lipinski definition) is 0. The van der Waals surface area contributed by atoms with Crippen molar-refractivity contribution in [2.45, 2.75) is 20.8 Å². The van der Waals surface area contributed by atoms with Crippen molar-refractivity contribution in [2.75, 3.05) is 6.61 Å². The van der Waals surface area contributed by atoms with Crippen molar-refractivity contribution in [2.24, 2.45) is 5.16 Å². The number of nitrogens with zero attached hydrogens (tertiary/aromatic N) is 1. The van der Waals surface area contributed by atoms with Gasteiger partial charge >= 0.3 is 0 Å². The maximum absolute atomic E-state index is 5.56. The van der Waals surface area contributed by atoms with Crippen LogP contribution in [-0.4, -0.2) is 12.3 Å². The summed E-state index contributed by atoms with van der Waals surface area (Å²) in [7, 11) is 0.